The third kappa shape index (κ3) is 4.19. The van der Waals surface area contributed by atoms with Gasteiger partial charge < -0.3 is 10.5 Å². The van der Waals surface area contributed by atoms with Crippen LogP contribution in [0.1, 0.15) is 26.3 Å². The van der Waals surface area contributed by atoms with Crippen LogP contribution in [0.15, 0.2) is 22.7 Å². The minimum atomic E-state index is -3.17. The van der Waals surface area contributed by atoms with Crippen LogP contribution in [-0.2, 0) is 16.4 Å². The fourth-order valence-electron chi connectivity index (χ4n) is 1.44. The Morgan fingerprint density at radius 3 is 2.47 bits per heavy atom. The largest absolute Gasteiger partial charge is 0.491 e. The fraction of sp³-hybridized carbons (Fsp3) is 0.538. The summed E-state index contributed by atoms with van der Waals surface area (Å²) < 4.78 is 29.5. The first-order chi connectivity index (χ1) is 8.69. The maximum absolute atomic E-state index is 12.0. The van der Waals surface area contributed by atoms with Crippen LogP contribution < -0.4 is 10.5 Å². The van der Waals surface area contributed by atoms with Crippen molar-refractivity contribution >= 4 is 25.8 Å². The topological polar surface area (TPSA) is 69.4 Å². The molecule has 0 heterocycles. The van der Waals surface area contributed by atoms with Gasteiger partial charge in [0.05, 0.1) is 15.0 Å². The maximum Gasteiger partial charge on any atom is 0.158 e. The quantitative estimate of drug-likeness (QED) is 0.886. The lowest BCUT2D eigenvalue weighted by Gasteiger charge is -2.19. The van der Waals surface area contributed by atoms with Gasteiger partial charge in [0.2, 0.25) is 0 Å². The van der Waals surface area contributed by atoms with E-state index in [-0.39, 0.29) is 12.4 Å². The number of ether oxygens (including phenoxy) is 1. The molecule has 0 bridgehead atoms. The van der Waals surface area contributed by atoms with E-state index in [9.17, 15) is 8.42 Å². The summed E-state index contributed by atoms with van der Waals surface area (Å²) in [6.45, 7) is 5.53. The predicted octanol–water partition coefficient (Wildman–Crippen LogP) is 2.50. The van der Waals surface area contributed by atoms with E-state index in [1.54, 1.807) is 20.8 Å². The van der Waals surface area contributed by atoms with Gasteiger partial charge in [-0.1, -0.05) is 12.1 Å². The Morgan fingerprint density at radius 1 is 1.32 bits per heavy atom. The molecule has 1 aromatic carbocycles. The van der Waals surface area contributed by atoms with Crippen molar-refractivity contribution in [1.82, 2.24) is 0 Å². The molecule has 1 rings (SSSR count). The first-order valence-corrected chi connectivity index (χ1v) is 8.46. The zero-order chi connectivity index (χ0) is 14.7. The molecule has 0 aliphatic heterocycles. The van der Waals surface area contributed by atoms with Gasteiger partial charge in [-0.3, -0.25) is 0 Å². The zero-order valence-corrected chi connectivity index (χ0v) is 13.8. The summed E-state index contributed by atoms with van der Waals surface area (Å²) in [4.78, 5) is 0. The van der Waals surface area contributed by atoms with E-state index in [0.29, 0.717) is 12.3 Å². The number of sulfone groups is 1. The third-order valence-corrected chi connectivity index (χ3v) is 5.99. The molecule has 0 spiro atoms. The van der Waals surface area contributed by atoms with Crippen LogP contribution in [0.3, 0.4) is 0 Å². The zero-order valence-electron chi connectivity index (χ0n) is 11.4. The molecule has 0 atom stereocenters. The average Bonchev–Trinajstić information content (AvgIpc) is 2.29. The minimum absolute atomic E-state index is 0.0121. The Balaban J connectivity index is 2.75. The lowest BCUT2D eigenvalue weighted by Crippen LogP contribution is -2.32. The van der Waals surface area contributed by atoms with E-state index in [1.165, 1.54) is 0 Å². The van der Waals surface area contributed by atoms with Crippen LogP contribution in [0.5, 0.6) is 5.75 Å². The first-order valence-electron chi connectivity index (χ1n) is 6.01. The summed E-state index contributed by atoms with van der Waals surface area (Å²) in [5.41, 5.74) is 6.48. The van der Waals surface area contributed by atoms with Gasteiger partial charge >= 0.3 is 0 Å². The molecular formula is C13H20BrNO3S. The summed E-state index contributed by atoms with van der Waals surface area (Å²) >= 11 is 3.38. The molecule has 0 saturated heterocycles. The third-order valence-electron chi connectivity index (χ3n) is 2.80. The van der Waals surface area contributed by atoms with E-state index in [0.717, 1.165) is 10.0 Å². The molecule has 6 heteroatoms. The molecule has 0 unspecified atom stereocenters. The lowest BCUT2D eigenvalue weighted by molar-refractivity contribution is 0.334. The smallest absolute Gasteiger partial charge is 0.158 e. The van der Waals surface area contributed by atoms with Gasteiger partial charge in [-0.15, -0.1) is 0 Å². The number of nitrogens with two attached hydrogens (primary N) is 1. The van der Waals surface area contributed by atoms with E-state index in [4.69, 9.17) is 10.5 Å². The van der Waals surface area contributed by atoms with Gasteiger partial charge in [-0.05, 0) is 42.8 Å². The van der Waals surface area contributed by atoms with Gasteiger partial charge in [0.1, 0.15) is 12.4 Å². The summed E-state index contributed by atoms with van der Waals surface area (Å²) in [7, 11) is -3.17. The Bertz CT molecular complexity index is 535. The molecule has 0 aliphatic carbocycles. The molecule has 4 nitrogen and oxygen atoms in total. The highest BCUT2D eigenvalue weighted by Crippen LogP contribution is 2.29. The highest BCUT2D eigenvalue weighted by molar-refractivity contribution is 9.10. The van der Waals surface area contributed by atoms with Crippen LogP contribution in [0.25, 0.3) is 0 Å². The predicted molar refractivity (Wildman–Crippen MR) is 81.1 cm³/mol. The second-order valence-electron chi connectivity index (χ2n) is 5.21. The number of hydrogen-bond acceptors (Lipinski definition) is 4. The standard InChI is InChI=1S/C13H20BrNO3S/c1-13(2,3)19(16,17)8-7-18-12-10(9-15)5-4-6-11(12)14/h4-6H,7-9,15H2,1-3H3. The molecule has 0 radical (unpaired) electrons. The van der Waals surface area contributed by atoms with E-state index < -0.39 is 14.6 Å². The van der Waals surface area contributed by atoms with Crippen molar-refractivity contribution < 1.29 is 13.2 Å². The molecule has 0 aromatic heterocycles. The van der Waals surface area contributed by atoms with Crippen molar-refractivity contribution in [3.05, 3.63) is 28.2 Å². The molecule has 0 amide bonds. The first kappa shape index (κ1) is 16.5. The number of benzene rings is 1. The fourth-order valence-corrected chi connectivity index (χ4v) is 2.87. The van der Waals surface area contributed by atoms with Crippen molar-refractivity contribution in [1.29, 1.82) is 0 Å². The van der Waals surface area contributed by atoms with Crippen LogP contribution in [0.2, 0.25) is 0 Å². The average molecular weight is 350 g/mol. The Kier molecular flexibility index (Phi) is 5.41. The highest BCUT2D eigenvalue weighted by Gasteiger charge is 2.28. The molecule has 2 N–H and O–H groups in total. The summed E-state index contributed by atoms with van der Waals surface area (Å²) in [6.07, 6.45) is 0. The second kappa shape index (κ2) is 6.24. The number of rotatable bonds is 5. The molecule has 19 heavy (non-hydrogen) atoms. The van der Waals surface area contributed by atoms with Gasteiger partial charge in [-0.25, -0.2) is 8.42 Å². The number of hydrogen-bond donors (Lipinski definition) is 1. The molecule has 0 saturated carbocycles. The highest BCUT2D eigenvalue weighted by atomic mass is 79.9. The summed E-state index contributed by atoms with van der Waals surface area (Å²) in [6, 6.07) is 5.57. The van der Waals surface area contributed by atoms with Gasteiger partial charge in [0, 0.05) is 12.1 Å². The van der Waals surface area contributed by atoms with Crippen LogP contribution >= 0.6 is 15.9 Å². The van der Waals surface area contributed by atoms with Crippen molar-refractivity contribution in [3.8, 4) is 5.75 Å². The summed E-state index contributed by atoms with van der Waals surface area (Å²) in [5, 5.41) is 0. The molecule has 108 valence electrons. The van der Waals surface area contributed by atoms with Gasteiger partial charge in [0.15, 0.2) is 9.84 Å². The SMILES string of the molecule is CC(C)(C)S(=O)(=O)CCOc1c(Br)cccc1CN. The van der Waals surface area contributed by atoms with Gasteiger partial charge in [-0.2, -0.15) is 0 Å². The second-order valence-corrected chi connectivity index (χ2v) is 8.93. The van der Waals surface area contributed by atoms with Crippen LogP contribution in [0, 0.1) is 0 Å². The van der Waals surface area contributed by atoms with Crippen molar-refractivity contribution in [2.75, 3.05) is 12.4 Å². The normalized spacial score (nSPS) is 12.5. The lowest BCUT2D eigenvalue weighted by atomic mass is 10.2. The maximum atomic E-state index is 12.0. The molecular weight excluding hydrogens is 330 g/mol. The molecule has 0 aliphatic rings. The van der Waals surface area contributed by atoms with Crippen molar-refractivity contribution in [2.24, 2.45) is 5.73 Å². The number of halogens is 1. The van der Waals surface area contributed by atoms with Crippen LogP contribution in [-0.4, -0.2) is 25.5 Å². The Hall–Kier alpha value is -0.590. The molecule has 1 aromatic rings. The van der Waals surface area contributed by atoms with E-state index in [2.05, 4.69) is 15.9 Å². The monoisotopic (exact) mass is 349 g/mol. The van der Waals surface area contributed by atoms with Crippen LogP contribution in [0.4, 0.5) is 0 Å². The van der Waals surface area contributed by atoms with Crippen molar-refractivity contribution in [3.63, 3.8) is 0 Å². The van der Waals surface area contributed by atoms with E-state index >= 15 is 0 Å². The van der Waals surface area contributed by atoms with Gasteiger partial charge in [0.25, 0.3) is 0 Å². The summed E-state index contributed by atoms with van der Waals surface area (Å²) in [5.74, 6) is 0.607. The molecule has 0 fully saturated rings. The number of para-hydroxylation sites is 1. The van der Waals surface area contributed by atoms with E-state index in [1.807, 2.05) is 18.2 Å². The Morgan fingerprint density at radius 2 is 1.95 bits per heavy atom. The Labute approximate surface area is 123 Å². The minimum Gasteiger partial charge on any atom is -0.491 e. The van der Waals surface area contributed by atoms with Crippen molar-refractivity contribution in [2.45, 2.75) is 32.1 Å².